The lowest BCUT2D eigenvalue weighted by Gasteiger charge is -2.32. The smallest absolute Gasteiger partial charge is 0.243 e. The molecule has 164 valence electrons. The number of amides is 2. The Morgan fingerprint density at radius 2 is 1.77 bits per heavy atom. The maximum Gasteiger partial charge on any atom is 0.243 e. The van der Waals surface area contributed by atoms with Crippen LogP contribution in [0, 0.1) is 5.92 Å². The van der Waals surface area contributed by atoms with Crippen molar-refractivity contribution in [1.29, 1.82) is 0 Å². The van der Waals surface area contributed by atoms with Crippen molar-refractivity contribution in [2.75, 3.05) is 24.5 Å². The van der Waals surface area contributed by atoms with Crippen LogP contribution >= 0.6 is 11.6 Å². The van der Waals surface area contributed by atoms with Gasteiger partial charge < -0.3 is 5.32 Å². The topological polar surface area (TPSA) is 52.7 Å². The minimum Gasteiger partial charge on any atom is -0.354 e. The summed E-state index contributed by atoms with van der Waals surface area (Å²) in [5.41, 5.74) is 3.22. The molecule has 5 nitrogen and oxygen atoms in total. The van der Waals surface area contributed by atoms with Crippen LogP contribution in [0.4, 0.5) is 5.69 Å². The monoisotopic (exact) mass is 439 g/mol. The Balaban J connectivity index is 1.27. The van der Waals surface area contributed by atoms with Crippen molar-refractivity contribution in [2.24, 2.45) is 5.92 Å². The summed E-state index contributed by atoms with van der Waals surface area (Å²) >= 11 is 5.97. The lowest BCUT2D eigenvalue weighted by molar-refractivity contribution is -0.126. The van der Waals surface area contributed by atoms with Crippen molar-refractivity contribution >= 4 is 29.1 Å². The number of rotatable bonds is 6. The van der Waals surface area contributed by atoms with E-state index in [1.54, 1.807) is 4.90 Å². The van der Waals surface area contributed by atoms with Gasteiger partial charge in [0.1, 0.15) is 6.04 Å². The number of hydrogen-bond donors (Lipinski definition) is 1. The Labute approximate surface area is 189 Å². The van der Waals surface area contributed by atoms with E-state index in [9.17, 15) is 9.59 Å². The van der Waals surface area contributed by atoms with Crippen molar-refractivity contribution in [3.05, 3.63) is 64.7 Å². The third kappa shape index (κ3) is 5.10. The van der Waals surface area contributed by atoms with Gasteiger partial charge in [0.15, 0.2) is 0 Å². The van der Waals surface area contributed by atoms with Gasteiger partial charge in [0.05, 0.1) is 0 Å². The van der Waals surface area contributed by atoms with E-state index in [-0.39, 0.29) is 11.8 Å². The molecule has 4 rings (SSSR count). The highest BCUT2D eigenvalue weighted by molar-refractivity contribution is 6.30. The highest BCUT2D eigenvalue weighted by atomic mass is 35.5. The van der Waals surface area contributed by atoms with Gasteiger partial charge in [0.2, 0.25) is 11.8 Å². The van der Waals surface area contributed by atoms with E-state index in [0.717, 1.165) is 48.7 Å². The Hall–Kier alpha value is -2.37. The highest BCUT2D eigenvalue weighted by Gasteiger charge is 2.37. The van der Waals surface area contributed by atoms with Crippen LogP contribution in [-0.2, 0) is 22.6 Å². The van der Waals surface area contributed by atoms with Crippen LogP contribution in [-0.4, -0.2) is 42.4 Å². The highest BCUT2D eigenvalue weighted by Crippen LogP contribution is 2.32. The number of para-hydroxylation sites is 1. The number of benzene rings is 2. The summed E-state index contributed by atoms with van der Waals surface area (Å²) in [4.78, 5) is 29.7. The van der Waals surface area contributed by atoms with E-state index >= 15 is 0 Å². The van der Waals surface area contributed by atoms with Gasteiger partial charge >= 0.3 is 0 Å². The largest absolute Gasteiger partial charge is 0.354 e. The lowest BCUT2D eigenvalue weighted by Crippen LogP contribution is -2.49. The molecule has 1 atom stereocenters. The van der Waals surface area contributed by atoms with E-state index < -0.39 is 6.04 Å². The van der Waals surface area contributed by atoms with E-state index in [1.165, 1.54) is 5.56 Å². The molecule has 1 N–H and O–H groups in total. The summed E-state index contributed by atoms with van der Waals surface area (Å²) in [6.45, 7) is 5.51. The molecule has 2 aliphatic rings. The predicted octanol–water partition coefficient (Wildman–Crippen LogP) is 4.04. The lowest BCUT2D eigenvalue weighted by atomic mass is 9.96. The van der Waals surface area contributed by atoms with Gasteiger partial charge in [-0.05, 0) is 61.2 Å². The number of nitrogens with one attached hydrogen (secondary N) is 1. The molecule has 1 fully saturated rings. The molecule has 31 heavy (non-hydrogen) atoms. The Bertz CT molecular complexity index is 923. The van der Waals surface area contributed by atoms with Gasteiger partial charge in [0, 0.05) is 36.6 Å². The molecule has 0 aromatic heterocycles. The van der Waals surface area contributed by atoms with Gasteiger partial charge in [0.25, 0.3) is 0 Å². The summed E-state index contributed by atoms with van der Waals surface area (Å²) in [6.07, 6.45) is 3.12. The zero-order chi connectivity index (χ0) is 21.8. The number of hydrogen-bond acceptors (Lipinski definition) is 3. The SMILES string of the molecule is CCC(=O)N1c2ccccc2C[C@@H]1C(=O)NCC1CCN(Cc2ccc(Cl)cc2)CC1. The quantitative estimate of drug-likeness (QED) is 0.739. The third-order valence-corrected chi connectivity index (χ3v) is 6.69. The van der Waals surface area contributed by atoms with Crippen molar-refractivity contribution in [3.8, 4) is 0 Å². The fourth-order valence-corrected chi connectivity index (χ4v) is 4.76. The van der Waals surface area contributed by atoms with E-state index in [4.69, 9.17) is 11.6 Å². The molecular formula is C25H30ClN3O2. The predicted molar refractivity (Wildman–Crippen MR) is 124 cm³/mol. The van der Waals surface area contributed by atoms with Gasteiger partial charge in [-0.1, -0.05) is 48.9 Å². The van der Waals surface area contributed by atoms with E-state index in [1.807, 2.05) is 43.3 Å². The first-order valence-corrected chi connectivity index (χ1v) is 11.6. The number of likely N-dealkylation sites (tertiary alicyclic amines) is 1. The first-order chi connectivity index (χ1) is 15.0. The number of halogens is 1. The minimum absolute atomic E-state index is 0.000563. The van der Waals surface area contributed by atoms with E-state index in [0.29, 0.717) is 25.3 Å². The van der Waals surface area contributed by atoms with Crippen LogP contribution in [0.2, 0.25) is 5.02 Å². The Kier molecular flexibility index (Phi) is 6.93. The van der Waals surface area contributed by atoms with Crippen LogP contribution in [0.25, 0.3) is 0 Å². The molecule has 0 aliphatic carbocycles. The van der Waals surface area contributed by atoms with Crippen LogP contribution in [0.5, 0.6) is 0 Å². The maximum absolute atomic E-state index is 13.0. The van der Waals surface area contributed by atoms with Gasteiger partial charge in [-0.15, -0.1) is 0 Å². The molecule has 2 heterocycles. The molecule has 0 radical (unpaired) electrons. The first kappa shape index (κ1) is 21.8. The molecule has 1 saturated heterocycles. The molecule has 2 aliphatic heterocycles. The maximum atomic E-state index is 13.0. The Morgan fingerprint density at radius 1 is 1.06 bits per heavy atom. The van der Waals surface area contributed by atoms with Crippen molar-refractivity contribution < 1.29 is 9.59 Å². The summed E-state index contributed by atoms with van der Waals surface area (Å²) < 4.78 is 0. The second-order valence-electron chi connectivity index (χ2n) is 8.56. The third-order valence-electron chi connectivity index (χ3n) is 6.44. The second-order valence-corrected chi connectivity index (χ2v) is 8.99. The van der Waals surface area contributed by atoms with Crippen molar-refractivity contribution in [3.63, 3.8) is 0 Å². The number of carbonyl (C=O) groups is 2. The zero-order valence-electron chi connectivity index (χ0n) is 18.0. The average Bonchev–Trinajstić information content (AvgIpc) is 3.19. The molecule has 2 aromatic carbocycles. The van der Waals surface area contributed by atoms with Gasteiger partial charge in [-0.25, -0.2) is 0 Å². The molecule has 0 saturated carbocycles. The number of piperidine rings is 1. The average molecular weight is 440 g/mol. The van der Waals surface area contributed by atoms with Crippen molar-refractivity contribution in [1.82, 2.24) is 10.2 Å². The first-order valence-electron chi connectivity index (χ1n) is 11.2. The minimum atomic E-state index is -0.435. The second kappa shape index (κ2) is 9.84. The number of nitrogens with zero attached hydrogens (tertiary/aromatic N) is 2. The number of fused-ring (bicyclic) bond motifs is 1. The zero-order valence-corrected chi connectivity index (χ0v) is 18.8. The van der Waals surface area contributed by atoms with Crippen LogP contribution in [0.1, 0.15) is 37.3 Å². The summed E-state index contributed by atoms with van der Waals surface area (Å²) in [5.74, 6) is 0.437. The number of carbonyl (C=O) groups excluding carboxylic acids is 2. The fraction of sp³-hybridized carbons (Fsp3) is 0.440. The van der Waals surface area contributed by atoms with Crippen LogP contribution in [0.3, 0.4) is 0 Å². The van der Waals surface area contributed by atoms with Crippen molar-refractivity contribution in [2.45, 2.75) is 45.2 Å². The molecule has 0 unspecified atom stereocenters. The molecule has 0 spiro atoms. The van der Waals surface area contributed by atoms with Gasteiger partial charge in [-0.3, -0.25) is 19.4 Å². The van der Waals surface area contributed by atoms with Crippen LogP contribution in [0.15, 0.2) is 48.5 Å². The van der Waals surface area contributed by atoms with E-state index in [2.05, 4.69) is 22.3 Å². The summed E-state index contributed by atoms with van der Waals surface area (Å²) in [7, 11) is 0. The molecule has 2 aromatic rings. The summed E-state index contributed by atoms with van der Waals surface area (Å²) in [5, 5.41) is 3.91. The fourth-order valence-electron chi connectivity index (χ4n) is 4.63. The van der Waals surface area contributed by atoms with Gasteiger partial charge in [-0.2, -0.15) is 0 Å². The Morgan fingerprint density at radius 3 is 2.48 bits per heavy atom. The molecule has 0 bridgehead atoms. The molecular weight excluding hydrogens is 410 g/mol. The normalized spacial score (nSPS) is 19.3. The number of anilines is 1. The van der Waals surface area contributed by atoms with Crippen LogP contribution < -0.4 is 10.2 Å². The molecule has 2 amide bonds. The molecule has 6 heteroatoms. The summed E-state index contributed by atoms with van der Waals surface area (Å²) in [6, 6.07) is 15.4. The standard InChI is InChI=1S/C25H30ClN3O2/c1-2-24(30)29-22-6-4-3-5-20(22)15-23(29)25(31)27-16-18-11-13-28(14-12-18)17-19-7-9-21(26)10-8-19/h3-10,18,23H,2,11-17H2,1H3,(H,27,31)/t23-/m1/s1.